The maximum absolute atomic E-state index is 6.21. The standard InChI is InChI=1S/C17H16ClN3S/c1-11-10-21-16(12-5-4-6-13(18)9-12)15(20-17(21)22-11)14-7-2-3-8-19-14/h2-9,11,15-16H,10H2,1H3. The highest BCUT2D eigenvalue weighted by Gasteiger charge is 2.43. The zero-order valence-corrected chi connectivity index (χ0v) is 13.8. The second kappa shape index (κ2) is 5.60. The van der Waals surface area contributed by atoms with Crippen molar-refractivity contribution >= 4 is 28.5 Å². The first kappa shape index (κ1) is 14.1. The number of thioether (sulfide) groups is 1. The molecule has 5 heteroatoms. The van der Waals surface area contributed by atoms with Crippen molar-refractivity contribution in [1.29, 1.82) is 0 Å². The molecule has 2 aliphatic heterocycles. The van der Waals surface area contributed by atoms with Crippen LogP contribution in [-0.4, -0.2) is 26.8 Å². The number of amidine groups is 1. The van der Waals surface area contributed by atoms with Crippen LogP contribution in [0.4, 0.5) is 0 Å². The normalized spacial score (nSPS) is 26.9. The minimum Gasteiger partial charge on any atom is -0.341 e. The summed E-state index contributed by atoms with van der Waals surface area (Å²) < 4.78 is 0. The fourth-order valence-corrected chi connectivity index (χ4v) is 4.46. The quantitative estimate of drug-likeness (QED) is 0.821. The monoisotopic (exact) mass is 329 g/mol. The number of aliphatic imine (C=N–C) groups is 1. The van der Waals surface area contributed by atoms with Crippen molar-refractivity contribution in [1.82, 2.24) is 9.88 Å². The minimum atomic E-state index is 0.0367. The number of aromatic nitrogens is 1. The van der Waals surface area contributed by atoms with Gasteiger partial charge in [0.2, 0.25) is 0 Å². The molecule has 3 heterocycles. The van der Waals surface area contributed by atoms with E-state index in [1.807, 2.05) is 48.3 Å². The summed E-state index contributed by atoms with van der Waals surface area (Å²) in [5, 5.41) is 2.48. The average molecular weight is 330 g/mol. The predicted molar refractivity (Wildman–Crippen MR) is 92.4 cm³/mol. The van der Waals surface area contributed by atoms with Gasteiger partial charge in [-0.2, -0.15) is 0 Å². The van der Waals surface area contributed by atoms with Gasteiger partial charge >= 0.3 is 0 Å². The summed E-state index contributed by atoms with van der Waals surface area (Å²) in [6.45, 7) is 3.26. The van der Waals surface area contributed by atoms with Crippen molar-refractivity contribution < 1.29 is 0 Å². The molecule has 2 aliphatic rings. The highest BCUT2D eigenvalue weighted by molar-refractivity contribution is 8.14. The van der Waals surface area contributed by atoms with E-state index >= 15 is 0 Å². The van der Waals surface area contributed by atoms with E-state index in [0.717, 1.165) is 22.4 Å². The third kappa shape index (κ3) is 2.40. The lowest BCUT2D eigenvalue weighted by molar-refractivity contribution is 0.321. The Bertz CT molecular complexity index is 719. The topological polar surface area (TPSA) is 28.5 Å². The van der Waals surface area contributed by atoms with Crippen LogP contribution in [0, 0.1) is 0 Å². The van der Waals surface area contributed by atoms with Crippen LogP contribution in [0.1, 0.15) is 30.3 Å². The molecular formula is C17H16ClN3S. The Hall–Kier alpha value is -1.52. The number of fused-ring (bicyclic) bond motifs is 1. The van der Waals surface area contributed by atoms with Gasteiger partial charge in [-0.25, -0.2) is 0 Å². The molecule has 1 aromatic carbocycles. The lowest BCUT2D eigenvalue weighted by Crippen LogP contribution is -2.28. The molecule has 3 nitrogen and oxygen atoms in total. The molecule has 1 saturated heterocycles. The summed E-state index contributed by atoms with van der Waals surface area (Å²) in [5.74, 6) is 0. The first-order chi connectivity index (χ1) is 10.7. The molecule has 0 aliphatic carbocycles. The van der Waals surface area contributed by atoms with E-state index < -0.39 is 0 Å². The van der Waals surface area contributed by atoms with Crippen LogP contribution >= 0.6 is 23.4 Å². The van der Waals surface area contributed by atoms with E-state index in [-0.39, 0.29) is 12.1 Å². The van der Waals surface area contributed by atoms with Crippen molar-refractivity contribution in [2.75, 3.05) is 6.54 Å². The van der Waals surface area contributed by atoms with E-state index in [0.29, 0.717) is 5.25 Å². The van der Waals surface area contributed by atoms with Crippen LogP contribution in [0.3, 0.4) is 0 Å². The lowest BCUT2D eigenvalue weighted by atomic mass is 9.96. The number of rotatable bonds is 2. The van der Waals surface area contributed by atoms with Gasteiger partial charge in [-0.3, -0.25) is 9.98 Å². The minimum absolute atomic E-state index is 0.0367. The number of hydrogen-bond acceptors (Lipinski definition) is 4. The van der Waals surface area contributed by atoms with Gasteiger partial charge in [0.1, 0.15) is 6.04 Å². The van der Waals surface area contributed by atoms with E-state index in [4.69, 9.17) is 16.6 Å². The van der Waals surface area contributed by atoms with E-state index in [1.165, 1.54) is 5.56 Å². The smallest absolute Gasteiger partial charge is 0.160 e. The Morgan fingerprint density at radius 1 is 1.23 bits per heavy atom. The summed E-state index contributed by atoms with van der Waals surface area (Å²) in [6, 6.07) is 14.4. The van der Waals surface area contributed by atoms with Gasteiger partial charge in [-0.15, -0.1) is 0 Å². The van der Waals surface area contributed by atoms with Crippen molar-refractivity contribution in [2.24, 2.45) is 4.99 Å². The molecule has 0 saturated carbocycles. The van der Waals surface area contributed by atoms with Gasteiger partial charge < -0.3 is 4.90 Å². The maximum atomic E-state index is 6.21. The van der Waals surface area contributed by atoms with Crippen LogP contribution in [0.2, 0.25) is 5.02 Å². The van der Waals surface area contributed by atoms with Gasteiger partial charge in [0.05, 0.1) is 11.7 Å². The van der Waals surface area contributed by atoms with Crippen LogP contribution in [0.5, 0.6) is 0 Å². The summed E-state index contributed by atoms with van der Waals surface area (Å²) in [6.07, 6.45) is 1.84. The lowest BCUT2D eigenvalue weighted by Gasteiger charge is -2.27. The van der Waals surface area contributed by atoms with Gasteiger partial charge in [0.15, 0.2) is 5.17 Å². The maximum Gasteiger partial charge on any atom is 0.160 e. The van der Waals surface area contributed by atoms with Crippen molar-refractivity contribution in [3.8, 4) is 0 Å². The zero-order valence-electron chi connectivity index (χ0n) is 12.2. The van der Waals surface area contributed by atoms with Crippen LogP contribution in [-0.2, 0) is 0 Å². The molecule has 1 fully saturated rings. The fraction of sp³-hybridized carbons (Fsp3) is 0.294. The first-order valence-corrected chi connectivity index (χ1v) is 8.65. The molecule has 1 aromatic heterocycles. The molecule has 0 radical (unpaired) electrons. The molecule has 22 heavy (non-hydrogen) atoms. The molecule has 0 amide bonds. The zero-order chi connectivity index (χ0) is 15.1. The molecule has 2 aromatic rings. The summed E-state index contributed by atoms with van der Waals surface area (Å²) in [4.78, 5) is 11.9. The van der Waals surface area contributed by atoms with E-state index in [1.54, 1.807) is 0 Å². The summed E-state index contributed by atoms with van der Waals surface area (Å²) in [5.41, 5.74) is 2.22. The van der Waals surface area contributed by atoms with Crippen molar-refractivity contribution in [3.05, 3.63) is 64.9 Å². The van der Waals surface area contributed by atoms with Gasteiger partial charge in [0, 0.05) is 23.0 Å². The SMILES string of the molecule is CC1CN2C(=NC(c3ccccn3)C2c2cccc(Cl)c2)S1. The number of benzene rings is 1. The molecule has 0 bridgehead atoms. The van der Waals surface area contributed by atoms with E-state index in [9.17, 15) is 0 Å². The van der Waals surface area contributed by atoms with Crippen LogP contribution in [0.25, 0.3) is 0 Å². The molecule has 0 N–H and O–H groups in total. The molecule has 112 valence electrons. The third-order valence-corrected chi connectivity index (χ3v) is 5.41. The average Bonchev–Trinajstić information content (AvgIpc) is 3.04. The second-order valence-electron chi connectivity index (χ2n) is 5.69. The van der Waals surface area contributed by atoms with Crippen LogP contribution < -0.4 is 0 Å². The number of hydrogen-bond donors (Lipinski definition) is 0. The third-order valence-electron chi connectivity index (χ3n) is 4.07. The second-order valence-corrected chi connectivity index (χ2v) is 7.53. The van der Waals surface area contributed by atoms with Crippen molar-refractivity contribution in [3.63, 3.8) is 0 Å². The van der Waals surface area contributed by atoms with Gasteiger partial charge in [0.25, 0.3) is 0 Å². The summed E-state index contributed by atoms with van der Waals surface area (Å²) >= 11 is 8.06. The summed E-state index contributed by atoms with van der Waals surface area (Å²) in [7, 11) is 0. The first-order valence-electron chi connectivity index (χ1n) is 7.40. The van der Waals surface area contributed by atoms with Gasteiger partial charge in [-0.05, 0) is 29.8 Å². The Labute approximate surface area is 139 Å². The highest BCUT2D eigenvalue weighted by Crippen LogP contribution is 2.47. The Morgan fingerprint density at radius 3 is 2.91 bits per heavy atom. The highest BCUT2D eigenvalue weighted by atomic mass is 35.5. The predicted octanol–water partition coefficient (Wildman–Crippen LogP) is 4.32. The fourth-order valence-electron chi connectivity index (χ4n) is 3.17. The molecule has 3 atom stereocenters. The molecule has 4 rings (SSSR count). The number of nitrogens with zero attached hydrogens (tertiary/aromatic N) is 3. The molecule has 0 spiro atoms. The van der Waals surface area contributed by atoms with Crippen molar-refractivity contribution in [2.45, 2.75) is 24.3 Å². The number of pyridine rings is 1. The Kier molecular flexibility index (Phi) is 3.59. The van der Waals surface area contributed by atoms with E-state index in [2.05, 4.69) is 28.9 Å². The Balaban J connectivity index is 1.78. The largest absolute Gasteiger partial charge is 0.341 e. The molecule has 3 unspecified atom stereocenters. The van der Waals surface area contributed by atoms with Gasteiger partial charge in [-0.1, -0.05) is 48.5 Å². The molecular weight excluding hydrogens is 314 g/mol. The number of halogens is 1. The Morgan fingerprint density at radius 2 is 2.14 bits per heavy atom. The van der Waals surface area contributed by atoms with Crippen LogP contribution in [0.15, 0.2) is 53.7 Å².